The summed E-state index contributed by atoms with van der Waals surface area (Å²) in [5.74, 6) is 0.157. The number of esters is 1. The Morgan fingerprint density at radius 3 is 2.47 bits per heavy atom. The van der Waals surface area contributed by atoms with Crippen molar-refractivity contribution in [3.63, 3.8) is 0 Å². The summed E-state index contributed by atoms with van der Waals surface area (Å²) in [5.41, 5.74) is 4.44. The molecular weight excluding hydrogens is 405 g/mol. The number of rotatable bonds is 5. The molecule has 4 nitrogen and oxygen atoms in total. The number of ether oxygens (including phenoxy) is 2. The Hall–Kier alpha value is -3.34. The Bertz CT molecular complexity index is 1120. The molecule has 0 spiro atoms. The maximum absolute atomic E-state index is 13.2. The number of hydrogen-bond acceptors (Lipinski definition) is 4. The summed E-state index contributed by atoms with van der Waals surface area (Å²) in [4.78, 5) is 12.0. The van der Waals surface area contributed by atoms with Crippen LogP contribution in [0, 0.1) is 18.2 Å². The van der Waals surface area contributed by atoms with Crippen molar-refractivity contribution in [3.05, 3.63) is 94.8 Å². The van der Waals surface area contributed by atoms with Gasteiger partial charge in [-0.2, -0.15) is 0 Å². The van der Waals surface area contributed by atoms with Gasteiger partial charge in [0.25, 0.3) is 0 Å². The van der Waals surface area contributed by atoms with Gasteiger partial charge in [-0.1, -0.05) is 61.9 Å². The van der Waals surface area contributed by atoms with E-state index in [2.05, 4.69) is 25.2 Å². The van der Waals surface area contributed by atoms with Gasteiger partial charge in [-0.3, -0.25) is 4.79 Å². The Morgan fingerprint density at radius 1 is 1.03 bits per heavy atom. The smallest absolute Gasteiger partial charge is 0.303 e. The van der Waals surface area contributed by atoms with E-state index in [9.17, 15) is 9.18 Å². The predicted molar refractivity (Wildman–Crippen MR) is 123 cm³/mol. The van der Waals surface area contributed by atoms with Crippen LogP contribution >= 0.6 is 0 Å². The van der Waals surface area contributed by atoms with Gasteiger partial charge in [-0.05, 0) is 36.8 Å². The first-order chi connectivity index (χ1) is 15.3. The van der Waals surface area contributed by atoms with Gasteiger partial charge in [-0.15, -0.1) is 0 Å². The van der Waals surface area contributed by atoms with Crippen LogP contribution in [0.4, 0.5) is 10.1 Å². The summed E-state index contributed by atoms with van der Waals surface area (Å²) in [6, 6.07) is 20.2. The molecule has 3 aromatic rings. The van der Waals surface area contributed by atoms with Gasteiger partial charge in [0.15, 0.2) is 0 Å². The second-order valence-electron chi connectivity index (χ2n) is 8.93. The van der Waals surface area contributed by atoms with Crippen LogP contribution in [-0.4, -0.2) is 5.97 Å². The zero-order valence-corrected chi connectivity index (χ0v) is 18.8. The van der Waals surface area contributed by atoms with Crippen molar-refractivity contribution in [2.24, 2.45) is 5.41 Å². The highest BCUT2D eigenvalue weighted by Crippen LogP contribution is 2.54. The third-order valence-corrected chi connectivity index (χ3v) is 6.03. The minimum Gasteiger partial charge on any atom is -0.489 e. The van der Waals surface area contributed by atoms with E-state index in [4.69, 9.17) is 9.47 Å². The molecule has 1 aliphatic heterocycles. The number of fused-ring (bicyclic) bond motifs is 1. The highest BCUT2D eigenvalue weighted by Gasteiger charge is 2.46. The SMILES string of the molecule is CC(=O)O[C@@H]1c2cc(C)ccc2N[C@@H](c2ccccc2OCc2ccc(F)cc2)C1(C)C. The summed E-state index contributed by atoms with van der Waals surface area (Å²) in [6.45, 7) is 8.00. The third kappa shape index (κ3) is 4.33. The van der Waals surface area contributed by atoms with E-state index in [0.29, 0.717) is 6.61 Å². The molecule has 0 aliphatic carbocycles. The number of carbonyl (C=O) groups excluding carboxylic acids is 1. The van der Waals surface area contributed by atoms with Crippen LogP contribution in [0.1, 0.15) is 55.2 Å². The summed E-state index contributed by atoms with van der Waals surface area (Å²) >= 11 is 0. The molecule has 1 N–H and O–H groups in total. The van der Waals surface area contributed by atoms with Crippen molar-refractivity contribution in [1.82, 2.24) is 0 Å². The van der Waals surface area contributed by atoms with E-state index in [-0.39, 0.29) is 17.8 Å². The first-order valence-electron chi connectivity index (χ1n) is 10.8. The number of aryl methyl sites for hydroxylation is 1. The molecule has 0 radical (unpaired) electrons. The molecular formula is C27H28FNO3. The van der Waals surface area contributed by atoms with E-state index < -0.39 is 11.5 Å². The topological polar surface area (TPSA) is 47.6 Å². The predicted octanol–water partition coefficient (Wildman–Crippen LogP) is 6.51. The molecule has 0 saturated heterocycles. The first-order valence-corrected chi connectivity index (χ1v) is 10.8. The van der Waals surface area contributed by atoms with Crippen molar-refractivity contribution >= 4 is 11.7 Å². The maximum atomic E-state index is 13.2. The highest BCUT2D eigenvalue weighted by atomic mass is 19.1. The fourth-order valence-corrected chi connectivity index (χ4v) is 4.38. The largest absolute Gasteiger partial charge is 0.489 e. The molecule has 166 valence electrons. The Morgan fingerprint density at radius 2 is 1.75 bits per heavy atom. The molecule has 2 atom stereocenters. The van der Waals surface area contributed by atoms with Crippen LogP contribution < -0.4 is 10.1 Å². The summed E-state index contributed by atoms with van der Waals surface area (Å²) < 4.78 is 25.3. The Kier molecular flexibility index (Phi) is 5.92. The monoisotopic (exact) mass is 433 g/mol. The van der Waals surface area contributed by atoms with Gasteiger partial charge in [0.1, 0.15) is 24.3 Å². The third-order valence-electron chi connectivity index (χ3n) is 6.03. The van der Waals surface area contributed by atoms with Crippen LogP contribution in [-0.2, 0) is 16.1 Å². The zero-order valence-electron chi connectivity index (χ0n) is 18.8. The number of hydrogen-bond donors (Lipinski definition) is 1. The molecule has 32 heavy (non-hydrogen) atoms. The lowest BCUT2D eigenvalue weighted by molar-refractivity contribution is -0.154. The molecule has 0 unspecified atom stereocenters. The van der Waals surface area contributed by atoms with Gasteiger partial charge in [0.2, 0.25) is 0 Å². The molecule has 1 aliphatic rings. The number of nitrogens with one attached hydrogen (secondary N) is 1. The van der Waals surface area contributed by atoms with Gasteiger partial charge in [0.05, 0.1) is 6.04 Å². The van der Waals surface area contributed by atoms with Crippen molar-refractivity contribution < 1.29 is 18.7 Å². The van der Waals surface area contributed by atoms with Crippen molar-refractivity contribution in [3.8, 4) is 5.75 Å². The molecule has 1 heterocycles. The molecule has 3 aromatic carbocycles. The number of para-hydroxylation sites is 1. The van der Waals surface area contributed by atoms with Crippen LogP contribution in [0.25, 0.3) is 0 Å². The van der Waals surface area contributed by atoms with Crippen molar-refractivity contribution in [2.75, 3.05) is 5.32 Å². The lowest BCUT2D eigenvalue weighted by atomic mass is 9.70. The van der Waals surface area contributed by atoms with Gasteiger partial charge >= 0.3 is 5.97 Å². The molecule has 5 heteroatoms. The summed E-state index contributed by atoms with van der Waals surface area (Å²) in [5, 5.41) is 3.66. The van der Waals surface area contributed by atoms with Gasteiger partial charge in [0, 0.05) is 29.2 Å². The summed E-state index contributed by atoms with van der Waals surface area (Å²) in [6.07, 6.45) is -0.411. The van der Waals surface area contributed by atoms with E-state index >= 15 is 0 Å². The molecule has 0 aromatic heterocycles. The quantitative estimate of drug-likeness (QED) is 0.466. The average Bonchev–Trinajstić information content (AvgIpc) is 2.75. The van der Waals surface area contributed by atoms with Crippen molar-refractivity contribution in [1.29, 1.82) is 0 Å². The Balaban J connectivity index is 1.70. The fourth-order valence-electron chi connectivity index (χ4n) is 4.38. The van der Waals surface area contributed by atoms with Crippen LogP contribution in [0.15, 0.2) is 66.7 Å². The lowest BCUT2D eigenvalue weighted by Crippen LogP contribution is -2.40. The number of anilines is 1. The van der Waals surface area contributed by atoms with E-state index in [0.717, 1.165) is 33.7 Å². The van der Waals surface area contributed by atoms with E-state index in [1.807, 2.05) is 43.3 Å². The number of halogens is 1. The molecule has 0 bridgehead atoms. The van der Waals surface area contributed by atoms with E-state index in [1.54, 1.807) is 12.1 Å². The normalized spacial score (nSPS) is 18.9. The minimum atomic E-state index is -0.457. The molecule has 0 fully saturated rings. The number of benzene rings is 3. The second kappa shape index (κ2) is 8.65. The highest BCUT2D eigenvalue weighted by molar-refractivity contribution is 5.68. The zero-order chi connectivity index (χ0) is 22.9. The van der Waals surface area contributed by atoms with Gasteiger partial charge in [-0.25, -0.2) is 4.39 Å². The molecule has 4 rings (SSSR count). The second-order valence-corrected chi connectivity index (χ2v) is 8.93. The van der Waals surface area contributed by atoms with Gasteiger partial charge < -0.3 is 14.8 Å². The molecule has 0 saturated carbocycles. The lowest BCUT2D eigenvalue weighted by Gasteiger charge is -2.46. The molecule has 0 amide bonds. The van der Waals surface area contributed by atoms with Crippen molar-refractivity contribution in [2.45, 2.75) is 46.4 Å². The minimum absolute atomic E-state index is 0.161. The van der Waals surface area contributed by atoms with Crippen LogP contribution in [0.2, 0.25) is 0 Å². The summed E-state index contributed by atoms with van der Waals surface area (Å²) in [7, 11) is 0. The fraction of sp³-hybridized carbons (Fsp3) is 0.296. The van der Waals surface area contributed by atoms with Crippen LogP contribution in [0.5, 0.6) is 5.75 Å². The first kappa shape index (κ1) is 21.9. The standard InChI is InChI=1S/C27H28FNO3/c1-17-9-14-23-22(15-17)26(32-18(2)30)27(3,4)25(29-23)21-7-5-6-8-24(21)31-16-19-10-12-20(28)13-11-19/h5-15,25-26,29H,16H2,1-4H3/t25-,26+/m0/s1. The van der Waals surface area contributed by atoms with E-state index in [1.165, 1.54) is 19.1 Å². The Labute approximate surface area is 188 Å². The average molecular weight is 434 g/mol. The maximum Gasteiger partial charge on any atom is 0.303 e. The van der Waals surface area contributed by atoms with Crippen LogP contribution in [0.3, 0.4) is 0 Å². The number of carbonyl (C=O) groups is 1.